The second kappa shape index (κ2) is 7.64. The van der Waals surface area contributed by atoms with E-state index >= 15 is 0 Å². The van der Waals surface area contributed by atoms with Crippen LogP contribution in [0.1, 0.15) is 53.4 Å². The van der Waals surface area contributed by atoms with Crippen LogP contribution < -0.4 is 0 Å². The Kier molecular flexibility index (Phi) is 6.49. The molecule has 1 aliphatic rings. The zero-order valence-electron chi connectivity index (χ0n) is 12.9. The maximum atomic E-state index is 11.2. The molecule has 0 spiro atoms. The van der Waals surface area contributed by atoms with Gasteiger partial charge in [0.15, 0.2) is 0 Å². The highest BCUT2D eigenvalue weighted by Crippen LogP contribution is 2.40. The maximum absolute atomic E-state index is 11.2. The molecule has 0 heterocycles. The number of hydrogen-bond donors (Lipinski definition) is 0. The molecule has 0 N–H and O–H groups in total. The van der Waals surface area contributed by atoms with E-state index in [1.165, 1.54) is 0 Å². The van der Waals surface area contributed by atoms with E-state index in [9.17, 15) is 4.79 Å². The first-order valence-electron chi connectivity index (χ1n) is 7.19. The Morgan fingerprint density at radius 3 is 2.45 bits per heavy atom. The SMILES string of the molecule is C=C(C)COC(=O)OOOC1(C(C)C)CCC(C)CC1. The molecule has 0 radical (unpaired) electrons. The van der Waals surface area contributed by atoms with Crippen LogP contribution >= 0.6 is 0 Å². The summed E-state index contributed by atoms with van der Waals surface area (Å²) in [6, 6.07) is 0. The molecule has 116 valence electrons. The number of hydrogen-bond acceptors (Lipinski definition) is 5. The molecule has 0 saturated heterocycles. The lowest BCUT2D eigenvalue weighted by Crippen LogP contribution is -2.42. The van der Waals surface area contributed by atoms with Crippen LogP contribution in [0.15, 0.2) is 12.2 Å². The van der Waals surface area contributed by atoms with Crippen molar-refractivity contribution in [3.8, 4) is 0 Å². The Morgan fingerprint density at radius 1 is 1.35 bits per heavy atom. The van der Waals surface area contributed by atoms with Gasteiger partial charge in [0.2, 0.25) is 0 Å². The third-order valence-electron chi connectivity index (χ3n) is 3.91. The standard InChI is InChI=1S/C15H26O5/c1-11(2)10-17-14(16)18-20-19-15(12(3)4)8-6-13(5)7-9-15/h12-13H,1,6-10H2,2-5H3. The summed E-state index contributed by atoms with van der Waals surface area (Å²) in [5, 5.41) is 4.66. The van der Waals surface area contributed by atoms with Crippen molar-refractivity contribution < 1.29 is 24.3 Å². The molecule has 5 heteroatoms. The molecule has 0 atom stereocenters. The van der Waals surface area contributed by atoms with Gasteiger partial charge in [0.1, 0.15) is 12.2 Å². The molecule has 1 fully saturated rings. The maximum Gasteiger partial charge on any atom is 0.542 e. The Bertz CT molecular complexity index is 329. The average Bonchev–Trinajstić information content (AvgIpc) is 2.38. The highest BCUT2D eigenvalue weighted by Gasteiger charge is 2.40. The molecule has 0 aromatic carbocycles. The normalized spacial score (nSPS) is 26.4. The molecular weight excluding hydrogens is 260 g/mol. The lowest BCUT2D eigenvalue weighted by atomic mass is 9.74. The van der Waals surface area contributed by atoms with E-state index in [-0.39, 0.29) is 18.1 Å². The summed E-state index contributed by atoms with van der Waals surface area (Å²) < 4.78 is 4.74. The first-order chi connectivity index (χ1) is 9.35. The molecule has 0 aromatic rings. The largest absolute Gasteiger partial charge is 0.542 e. The number of ether oxygens (including phenoxy) is 1. The summed E-state index contributed by atoms with van der Waals surface area (Å²) in [6.07, 6.45) is 3.05. The van der Waals surface area contributed by atoms with E-state index in [0.29, 0.717) is 5.92 Å². The van der Waals surface area contributed by atoms with Gasteiger partial charge in [-0.15, -0.1) is 0 Å². The minimum absolute atomic E-state index is 0.106. The predicted molar refractivity (Wildman–Crippen MR) is 74.6 cm³/mol. The lowest BCUT2D eigenvalue weighted by Gasteiger charge is -2.39. The van der Waals surface area contributed by atoms with Crippen LogP contribution in [0.4, 0.5) is 4.79 Å². The van der Waals surface area contributed by atoms with Crippen LogP contribution in [0.25, 0.3) is 0 Å². The van der Waals surface area contributed by atoms with Crippen LogP contribution in [0.2, 0.25) is 0 Å². The molecule has 0 unspecified atom stereocenters. The second-order valence-corrected chi connectivity index (χ2v) is 6.13. The Morgan fingerprint density at radius 2 is 1.95 bits per heavy atom. The molecule has 0 amide bonds. The summed E-state index contributed by atoms with van der Waals surface area (Å²) in [5.41, 5.74) is 0.337. The minimum Gasteiger partial charge on any atom is -0.428 e. The van der Waals surface area contributed by atoms with Crippen LogP contribution in [-0.2, 0) is 19.6 Å². The minimum atomic E-state index is -0.920. The van der Waals surface area contributed by atoms with Gasteiger partial charge in [0.25, 0.3) is 0 Å². The topological polar surface area (TPSA) is 54.0 Å². The van der Waals surface area contributed by atoms with Gasteiger partial charge in [-0.1, -0.05) is 27.4 Å². The molecule has 0 bridgehead atoms. The third-order valence-corrected chi connectivity index (χ3v) is 3.91. The average molecular weight is 286 g/mol. The van der Waals surface area contributed by atoms with Crippen molar-refractivity contribution in [1.29, 1.82) is 0 Å². The summed E-state index contributed by atoms with van der Waals surface area (Å²) in [6.45, 7) is 11.9. The zero-order valence-corrected chi connectivity index (χ0v) is 12.9. The summed E-state index contributed by atoms with van der Waals surface area (Å²) in [5.74, 6) is 0.983. The van der Waals surface area contributed by atoms with Crippen molar-refractivity contribution in [1.82, 2.24) is 0 Å². The van der Waals surface area contributed by atoms with Gasteiger partial charge in [-0.3, -0.25) is 0 Å². The molecular formula is C15H26O5. The van der Waals surface area contributed by atoms with Crippen molar-refractivity contribution in [3.05, 3.63) is 12.2 Å². The van der Waals surface area contributed by atoms with Crippen molar-refractivity contribution >= 4 is 6.16 Å². The first-order valence-corrected chi connectivity index (χ1v) is 7.19. The lowest BCUT2D eigenvalue weighted by molar-refractivity contribution is -0.528. The smallest absolute Gasteiger partial charge is 0.428 e. The quantitative estimate of drug-likeness (QED) is 0.317. The number of carbonyl (C=O) groups is 1. The van der Waals surface area contributed by atoms with E-state index in [2.05, 4.69) is 37.3 Å². The van der Waals surface area contributed by atoms with E-state index in [1.807, 2.05) is 0 Å². The summed E-state index contributed by atoms with van der Waals surface area (Å²) >= 11 is 0. The molecule has 0 aromatic heterocycles. The van der Waals surface area contributed by atoms with E-state index < -0.39 is 6.16 Å². The van der Waals surface area contributed by atoms with Crippen LogP contribution in [0.5, 0.6) is 0 Å². The fraction of sp³-hybridized carbons (Fsp3) is 0.800. The molecule has 20 heavy (non-hydrogen) atoms. The van der Waals surface area contributed by atoms with Crippen molar-refractivity contribution in [2.45, 2.75) is 59.0 Å². The van der Waals surface area contributed by atoms with Gasteiger partial charge >= 0.3 is 6.16 Å². The van der Waals surface area contributed by atoms with Crippen molar-refractivity contribution in [2.75, 3.05) is 6.61 Å². The fourth-order valence-electron chi connectivity index (χ4n) is 2.33. The van der Waals surface area contributed by atoms with Gasteiger partial charge in [-0.25, -0.2) is 9.68 Å². The van der Waals surface area contributed by atoms with Crippen molar-refractivity contribution in [3.63, 3.8) is 0 Å². The number of carbonyl (C=O) groups excluding carboxylic acids is 1. The highest BCUT2D eigenvalue weighted by molar-refractivity contribution is 5.59. The molecule has 1 saturated carbocycles. The second-order valence-electron chi connectivity index (χ2n) is 6.13. The molecule has 0 aliphatic heterocycles. The van der Waals surface area contributed by atoms with Gasteiger partial charge in [0.05, 0.1) is 0 Å². The van der Waals surface area contributed by atoms with Gasteiger partial charge in [-0.05, 0) is 55.1 Å². The Balaban J connectivity index is 2.37. The first kappa shape index (κ1) is 17.0. The highest BCUT2D eigenvalue weighted by atomic mass is 17.5. The number of rotatable bonds is 6. The zero-order chi connectivity index (χ0) is 15.2. The summed E-state index contributed by atoms with van der Waals surface area (Å²) in [4.78, 5) is 21.1. The Hall–Kier alpha value is -1.07. The molecule has 1 aliphatic carbocycles. The molecule has 1 rings (SSSR count). The summed E-state index contributed by atoms with van der Waals surface area (Å²) in [7, 11) is 0. The van der Waals surface area contributed by atoms with Gasteiger partial charge in [-0.2, -0.15) is 4.89 Å². The van der Waals surface area contributed by atoms with Crippen LogP contribution in [0.3, 0.4) is 0 Å². The third kappa shape index (κ3) is 5.13. The monoisotopic (exact) mass is 286 g/mol. The van der Waals surface area contributed by atoms with Crippen molar-refractivity contribution in [2.24, 2.45) is 11.8 Å². The van der Waals surface area contributed by atoms with Crippen LogP contribution in [0, 0.1) is 11.8 Å². The van der Waals surface area contributed by atoms with E-state index in [4.69, 9.17) is 9.62 Å². The van der Waals surface area contributed by atoms with Gasteiger partial charge < -0.3 is 4.74 Å². The van der Waals surface area contributed by atoms with E-state index in [1.54, 1.807) is 6.92 Å². The van der Waals surface area contributed by atoms with Crippen LogP contribution in [-0.4, -0.2) is 18.4 Å². The van der Waals surface area contributed by atoms with E-state index in [0.717, 1.165) is 31.3 Å². The fourth-order valence-corrected chi connectivity index (χ4v) is 2.33. The predicted octanol–water partition coefficient (Wildman–Crippen LogP) is 4.18. The molecule has 5 nitrogen and oxygen atoms in total. The van der Waals surface area contributed by atoms with Gasteiger partial charge in [0, 0.05) is 0 Å². The Labute approximate surface area is 121 Å².